The third-order valence-corrected chi connectivity index (χ3v) is 6.06. The Hall–Kier alpha value is -4.41. The highest BCUT2D eigenvalue weighted by Gasteiger charge is 2.27. The highest BCUT2D eigenvalue weighted by molar-refractivity contribution is 5.94. The van der Waals surface area contributed by atoms with Crippen molar-refractivity contribution >= 4 is 22.8 Å². The number of likely N-dealkylation sites (tertiary alicyclic amines) is 1. The molecule has 34 heavy (non-hydrogen) atoms. The summed E-state index contributed by atoms with van der Waals surface area (Å²) in [5.74, 6) is 0.380. The van der Waals surface area contributed by atoms with Crippen LogP contribution in [0.3, 0.4) is 0 Å². The zero-order valence-corrected chi connectivity index (χ0v) is 18.1. The van der Waals surface area contributed by atoms with E-state index in [9.17, 15) is 19.7 Å². The molecule has 1 fully saturated rings. The van der Waals surface area contributed by atoms with E-state index in [0.29, 0.717) is 49.5 Å². The van der Waals surface area contributed by atoms with E-state index in [1.54, 1.807) is 9.58 Å². The number of nitrogens with zero attached hydrogens (tertiary/aromatic N) is 6. The van der Waals surface area contributed by atoms with Crippen LogP contribution in [0.5, 0.6) is 0 Å². The summed E-state index contributed by atoms with van der Waals surface area (Å²) in [7, 11) is 0. The van der Waals surface area contributed by atoms with E-state index in [2.05, 4.69) is 20.3 Å². The van der Waals surface area contributed by atoms with Gasteiger partial charge in [-0.2, -0.15) is 0 Å². The van der Waals surface area contributed by atoms with Crippen molar-refractivity contribution in [2.24, 2.45) is 0 Å². The lowest BCUT2D eigenvalue weighted by atomic mass is 9.95. The van der Waals surface area contributed by atoms with E-state index in [-0.39, 0.29) is 28.6 Å². The van der Waals surface area contributed by atoms with Crippen LogP contribution < -0.4 is 5.56 Å². The number of rotatable bonds is 5. The van der Waals surface area contributed by atoms with Crippen LogP contribution in [0.25, 0.3) is 11.2 Å². The summed E-state index contributed by atoms with van der Waals surface area (Å²) in [5.41, 5.74) is 1.69. The normalized spacial score (nSPS) is 14.4. The van der Waals surface area contributed by atoms with Crippen LogP contribution in [0.2, 0.25) is 0 Å². The van der Waals surface area contributed by atoms with E-state index in [1.807, 2.05) is 30.3 Å². The van der Waals surface area contributed by atoms with Gasteiger partial charge < -0.3 is 9.88 Å². The SMILES string of the molecule is O=C(c1ccc([N+](=O)[O-])cc1)N1CCC(c2nc3c(nnn3Cc3ccccc3)c(=O)[nH]2)CC1. The zero-order chi connectivity index (χ0) is 23.7. The number of carbonyl (C=O) groups is 1. The number of benzene rings is 2. The molecule has 0 unspecified atom stereocenters. The average molecular weight is 459 g/mol. The fourth-order valence-electron chi connectivity index (χ4n) is 4.20. The molecule has 172 valence electrons. The molecule has 0 bridgehead atoms. The predicted octanol–water partition coefficient (Wildman–Crippen LogP) is 2.49. The highest BCUT2D eigenvalue weighted by Crippen LogP contribution is 2.27. The lowest BCUT2D eigenvalue weighted by Crippen LogP contribution is -2.38. The van der Waals surface area contributed by atoms with Crippen LogP contribution >= 0.6 is 0 Å². The summed E-state index contributed by atoms with van der Waals surface area (Å²) in [6.45, 7) is 1.43. The van der Waals surface area contributed by atoms with Crippen molar-refractivity contribution in [2.45, 2.75) is 25.3 Å². The first kappa shape index (κ1) is 21.4. The number of fused-ring (bicyclic) bond motifs is 1. The molecule has 4 aromatic rings. The van der Waals surface area contributed by atoms with Crippen LogP contribution in [0.4, 0.5) is 5.69 Å². The summed E-state index contributed by atoms with van der Waals surface area (Å²) in [6, 6.07) is 15.4. The second-order valence-electron chi connectivity index (χ2n) is 8.23. The number of hydrogen-bond donors (Lipinski definition) is 1. The van der Waals surface area contributed by atoms with E-state index in [0.717, 1.165) is 5.56 Å². The lowest BCUT2D eigenvalue weighted by molar-refractivity contribution is -0.384. The van der Waals surface area contributed by atoms with E-state index >= 15 is 0 Å². The van der Waals surface area contributed by atoms with Gasteiger partial charge in [0.15, 0.2) is 11.2 Å². The van der Waals surface area contributed by atoms with Crippen molar-refractivity contribution in [1.29, 1.82) is 0 Å². The second kappa shape index (κ2) is 8.85. The molecule has 1 N–H and O–H groups in total. The lowest BCUT2D eigenvalue weighted by Gasteiger charge is -2.31. The van der Waals surface area contributed by atoms with Gasteiger partial charge in [-0.05, 0) is 30.5 Å². The summed E-state index contributed by atoms with van der Waals surface area (Å²) < 4.78 is 1.62. The smallest absolute Gasteiger partial charge is 0.281 e. The number of nitro benzene ring substituents is 1. The van der Waals surface area contributed by atoms with Gasteiger partial charge in [-0.25, -0.2) is 9.67 Å². The van der Waals surface area contributed by atoms with Gasteiger partial charge >= 0.3 is 0 Å². The Morgan fingerprint density at radius 3 is 2.47 bits per heavy atom. The van der Waals surface area contributed by atoms with E-state index in [1.165, 1.54) is 24.3 Å². The second-order valence-corrected chi connectivity index (χ2v) is 8.23. The van der Waals surface area contributed by atoms with Crippen molar-refractivity contribution in [3.63, 3.8) is 0 Å². The molecule has 0 saturated carbocycles. The summed E-state index contributed by atoms with van der Waals surface area (Å²) >= 11 is 0. The van der Waals surface area contributed by atoms with Gasteiger partial charge in [0.25, 0.3) is 17.2 Å². The third kappa shape index (κ3) is 4.15. The molecule has 0 aliphatic carbocycles. The van der Waals surface area contributed by atoms with Crippen molar-refractivity contribution in [2.75, 3.05) is 13.1 Å². The van der Waals surface area contributed by atoms with E-state index < -0.39 is 4.92 Å². The molecule has 1 aliphatic heterocycles. The van der Waals surface area contributed by atoms with Crippen LogP contribution in [0, 0.1) is 10.1 Å². The van der Waals surface area contributed by atoms with E-state index in [4.69, 9.17) is 0 Å². The topological polar surface area (TPSA) is 140 Å². The Kier molecular flexibility index (Phi) is 5.58. The Labute approximate surface area is 193 Å². The molecular weight excluding hydrogens is 438 g/mol. The molecule has 0 radical (unpaired) electrons. The maximum atomic E-state index is 12.8. The number of non-ortho nitro benzene ring substituents is 1. The molecule has 3 heterocycles. The maximum absolute atomic E-state index is 12.8. The Morgan fingerprint density at radius 2 is 1.79 bits per heavy atom. The van der Waals surface area contributed by atoms with Crippen LogP contribution in [0.1, 0.15) is 40.5 Å². The molecule has 5 rings (SSSR count). The number of aromatic amines is 1. The van der Waals surface area contributed by atoms with Gasteiger partial charge in [0.2, 0.25) is 0 Å². The van der Waals surface area contributed by atoms with Gasteiger partial charge in [0.05, 0.1) is 11.5 Å². The quantitative estimate of drug-likeness (QED) is 0.357. The summed E-state index contributed by atoms with van der Waals surface area (Å²) in [6.07, 6.45) is 1.26. The van der Waals surface area contributed by atoms with Crippen LogP contribution in [0.15, 0.2) is 59.4 Å². The first-order valence-corrected chi connectivity index (χ1v) is 10.9. The summed E-state index contributed by atoms with van der Waals surface area (Å²) in [4.78, 5) is 45.0. The largest absolute Gasteiger partial charge is 0.339 e. The first-order chi connectivity index (χ1) is 16.5. The minimum atomic E-state index is -0.494. The number of H-pyrrole nitrogens is 1. The molecule has 2 aromatic heterocycles. The van der Waals surface area contributed by atoms with Crippen molar-refractivity contribution in [3.8, 4) is 0 Å². The average Bonchev–Trinajstić information content (AvgIpc) is 3.27. The minimum Gasteiger partial charge on any atom is -0.339 e. The van der Waals surface area contributed by atoms with Crippen LogP contribution in [-0.4, -0.2) is 53.8 Å². The number of nitro groups is 1. The minimum absolute atomic E-state index is 0.0157. The maximum Gasteiger partial charge on any atom is 0.281 e. The van der Waals surface area contributed by atoms with Gasteiger partial charge in [-0.15, -0.1) is 5.10 Å². The number of aromatic nitrogens is 5. The monoisotopic (exact) mass is 459 g/mol. The standard InChI is InChI=1S/C23H21N7O4/c31-22-19-21(29(27-26-19)14-15-4-2-1-3-5-15)24-20(25-22)16-10-12-28(13-11-16)23(32)17-6-8-18(9-7-17)30(33)34/h1-9,16H,10-14H2,(H,24,25,31). The number of piperidine rings is 1. The highest BCUT2D eigenvalue weighted by atomic mass is 16.6. The molecule has 1 saturated heterocycles. The Morgan fingerprint density at radius 1 is 1.09 bits per heavy atom. The Balaban J connectivity index is 1.31. The molecular formula is C23H21N7O4. The third-order valence-electron chi connectivity index (χ3n) is 6.06. The fourth-order valence-corrected chi connectivity index (χ4v) is 4.20. The molecule has 2 aromatic carbocycles. The van der Waals surface area contributed by atoms with Crippen molar-refractivity contribution in [3.05, 3.63) is 92.0 Å². The predicted molar refractivity (Wildman–Crippen MR) is 122 cm³/mol. The zero-order valence-electron chi connectivity index (χ0n) is 18.1. The number of carbonyl (C=O) groups excluding carboxylic acids is 1. The van der Waals surface area contributed by atoms with Crippen molar-refractivity contribution in [1.82, 2.24) is 29.9 Å². The molecule has 0 spiro atoms. The number of nitrogens with one attached hydrogen (secondary N) is 1. The van der Waals surface area contributed by atoms with Gasteiger partial charge in [0.1, 0.15) is 5.82 Å². The van der Waals surface area contributed by atoms with Crippen LogP contribution in [-0.2, 0) is 6.54 Å². The van der Waals surface area contributed by atoms with Gasteiger partial charge in [0, 0.05) is 36.7 Å². The van der Waals surface area contributed by atoms with Gasteiger partial charge in [-0.3, -0.25) is 19.7 Å². The molecule has 0 atom stereocenters. The molecule has 11 nitrogen and oxygen atoms in total. The molecule has 11 heteroatoms. The fraction of sp³-hybridized carbons (Fsp3) is 0.261. The summed E-state index contributed by atoms with van der Waals surface area (Å²) in [5, 5.41) is 18.9. The Bertz CT molecular complexity index is 1410. The van der Waals surface area contributed by atoms with Gasteiger partial charge in [-0.1, -0.05) is 35.5 Å². The molecule has 1 aliphatic rings. The van der Waals surface area contributed by atoms with Crippen molar-refractivity contribution < 1.29 is 9.72 Å². The first-order valence-electron chi connectivity index (χ1n) is 10.9. The molecule has 1 amide bonds. The number of amides is 1. The number of hydrogen-bond acceptors (Lipinski definition) is 7.